The van der Waals surface area contributed by atoms with Crippen molar-refractivity contribution in [3.63, 3.8) is 0 Å². The van der Waals surface area contributed by atoms with Crippen LogP contribution in [0, 0.1) is 0 Å². The van der Waals surface area contributed by atoms with Gasteiger partial charge in [0, 0.05) is 12.8 Å². The second-order valence-electron chi connectivity index (χ2n) is 27.1. The first-order chi connectivity index (χ1) is 41.5. The van der Waals surface area contributed by atoms with Gasteiger partial charge in [-0.3, -0.25) is 9.59 Å². The molecule has 500 valence electrons. The highest BCUT2D eigenvalue weighted by atomic mass is 16.5. The average Bonchev–Trinajstić information content (AvgIpc) is 3.51. The van der Waals surface area contributed by atoms with E-state index in [9.17, 15) is 19.8 Å². The Kier molecular flexibility index (Phi) is 72.8. The maximum Gasteiger partial charge on any atom is 0.305 e. The number of amides is 1. The Morgan fingerprint density at radius 3 is 0.810 bits per heavy atom. The van der Waals surface area contributed by atoms with Crippen LogP contribution in [0.3, 0.4) is 0 Å². The van der Waals surface area contributed by atoms with Crippen molar-refractivity contribution in [1.29, 1.82) is 0 Å². The van der Waals surface area contributed by atoms with Gasteiger partial charge in [0.2, 0.25) is 5.91 Å². The Morgan fingerprint density at radius 1 is 0.321 bits per heavy atom. The smallest absolute Gasteiger partial charge is 0.305 e. The SMILES string of the molecule is CCCCCCCCCCCCC/C=C/C(O)C(CO)NC(=O)CCCCCCCCCCCCCCCCCCCCCCCCCCCCCCCCCCCCCCCOC(=O)CCCCCCCCCCCCCCCCCCC. The normalized spacial score (nSPS) is 12.5. The fourth-order valence-corrected chi connectivity index (χ4v) is 12.6. The third-order valence-electron chi connectivity index (χ3n) is 18.6. The van der Waals surface area contributed by atoms with Gasteiger partial charge in [0.15, 0.2) is 0 Å². The van der Waals surface area contributed by atoms with Crippen LogP contribution in [0.1, 0.15) is 450 Å². The van der Waals surface area contributed by atoms with Gasteiger partial charge < -0.3 is 20.3 Å². The van der Waals surface area contributed by atoms with Crippen LogP contribution < -0.4 is 5.32 Å². The highest BCUT2D eigenvalue weighted by Gasteiger charge is 2.18. The number of unbranched alkanes of at least 4 members (excludes halogenated alkanes) is 63. The number of nitrogens with one attached hydrogen (secondary N) is 1. The molecular formula is C78H153NO5. The van der Waals surface area contributed by atoms with E-state index in [0.717, 1.165) is 38.5 Å². The van der Waals surface area contributed by atoms with Crippen LogP contribution in [0.2, 0.25) is 0 Å². The van der Waals surface area contributed by atoms with Gasteiger partial charge >= 0.3 is 5.97 Å². The molecule has 0 aliphatic carbocycles. The van der Waals surface area contributed by atoms with E-state index in [1.165, 1.54) is 385 Å². The standard InChI is InChI=1S/C78H153NO5/c1-3-5-7-9-11-13-15-17-18-40-44-48-52-56-60-64-68-72-78(83)84-73-69-65-61-57-53-49-45-42-39-37-35-33-31-29-27-25-23-21-19-20-22-24-26-28-30-32-34-36-38-41-43-47-51-55-59-63-67-71-77(82)79-75(74-80)76(81)70-66-62-58-54-50-46-16-14-12-10-8-6-4-2/h66,70,75-76,80-81H,3-65,67-69,71-74H2,1-2H3,(H,79,82)/b70-66+. The summed E-state index contributed by atoms with van der Waals surface area (Å²) in [6, 6.07) is -0.622. The monoisotopic (exact) mass is 1180 g/mol. The Morgan fingerprint density at radius 2 is 0.548 bits per heavy atom. The number of carbonyl (C=O) groups is 2. The summed E-state index contributed by atoms with van der Waals surface area (Å²) in [7, 11) is 0. The van der Waals surface area contributed by atoms with Gasteiger partial charge in [-0.05, 0) is 32.1 Å². The molecule has 0 fully saturated rings. The second-order valence-corrected chi connectivity index (χ2v) is 27.1. The maximum atomic E-state index is 12.5. The third kappa shape index (κ3) is 69.7. The zero-order valence-corrected chi connectivity index (χ0v) is 57.4. The first kappa shape index (κ1) is 82.6. The summed E-state index contributed by atoms with van der Waals surface area (Å²) in [5.74, 6) is -0.0316. The molecule has 0 rings (SSSR count). The molecule has 0 aliphatic heterocycles. The largest absolute Gasteiger partial charge is 0.466 e. The predicted molar refractivity (Wildman–Crippen MR) is 370 cm³/mol. The minimum absolute atomic E-state index is 0.0282. The molecule has 0 aromatic carbocycles. The quantitative estimate of drug-likeness (QED) is 0.0320. The number of ether oxygens (including phenoxy) is 1. The molecule has 84 heavy (non-hydrogen) atoms. The number of rotatable bonds is 74. The Balaban J connectivity index is 3.28. The molecule has 0 radical (unpaired) electrons. The molecule has 3 N–H and O–H groups in total. The van der Waals surface area contributed by atoms with Gasteiger partial charge in [0.1, 0.15) is 0 Å². The first-order valence-electron chi connectivity index (χ1n) is 39.0. The average molecular weight is 1190 g/mol. The van der Waals surface area contributed by atoms with Crippen LogP contribution in [0.4, 0.5) is 0 Å². The van der Waals surface area contributed by atoms with Crippen LogP contribution in [0.5, 0.6) is 0 Å². The van der Waals surface area contributed by atoms with E-state index in [4.69, 9.17) is 4.74 Å². The van der Waals surface area contributed by atoms with E-state index in [0.29, 0.717) is 19.4 Å². The Hall–Kier alpha value is -1.40. The fraction of sp³-hybridized carbons (Fsp3) is 0.949. The van der Waals surface area contributed by atoms with Crippen molar-refractivity contribution in [2.75, 3.05) is 13.2 Å². The number of carbonyl (C=O) groups excluding carboxylic acids is 2. The molecule has 0 saturated heterocycles. The molecule has 1 amide bonds. The molecule has 0 saturated carbocycles. The molecular weight excluding hydrogens is 1030 g/mol. The summed E-state index contributed by atoms with van der Waals surface area (Å²) in [6.45, 7) is 4.95. The van der Waals surface area contributed by atoms with E-state index < -0.39 is 12.1 Å². The van der Waals surface area contributed by atoms with Crippen LogP contribution >= 0.6 is 0 Å². The van der Waals surface area contributed by atoms with Gasteiger partial charge in [-0.2, -0.15) is 0 Å². The summed E-state index contributed by atoms with van der Waals surface area (Å²) in [6.07, 6.45) is 93.5. The van der Waals surface area contributed by atoms with E-state index in [1.807, 2.05) is 6.08 Å². The van der Waals surface area contributed by atoms with Crippen molar-refractivity contribution in [3.05, 3.63) is 12.2 Å². The number of allylic oxidation sites excluding steroid dienone is 1. The molecule has 0 bridgehead atoms. The van der Waals surface area contributed by atoms with Crippen molar-refractivity contribution in [2.24, 2.45) is 0 Å². The van der Waals surface area contributed by atoms with Crippen LogP contribution in [0.15, 0.2) is 12.2 Å². The zero-order chi connectivity index (χ0) is 60.6. The summed E-state index contributed by atoms with van der Waals surface area (Å²) >= 11 is 0. The molecule has 0 heterocycles. The topological polar surface area (TPSA) is 95.9 Å². The molecule has 2 unspecified atom stereocenters. The summed E-state index contributed by atoms with van der Waals surface area (Å²) in [4.78, 5) is 24.6. The van der Waals surface area contributed by atoms with E-state index >= 15 is 0 Å². The number of hydrogen-bond acceptors (Lipinski definition) is 5. The summed E-state index contributed by atoms with van der Waals surface area (Å²) in [5.41, 5.74) is 0. The van der Waals surface area contributed by atoms with E-state index in [2.05, 4.69) is 19.2 Å². The Labute approximate surface area is 527 Å². The lowest BCUT2D eigenvalue weighted by molar-refractivity contribution is -0.143. The number of aliphatic hydroxyl groups is 2. The molecule has 0 aromatic rings. The van der Waals surface area contributed by atoms with Crippen LogP contribution in [-0.4, -0.2) is 47.4 Å². The summed E-state index contributed by atoms with van der Waals surface area (Å²) in [5, 5.41) is 23.1. The highest BCUT2D eigenvalue weighted by Crippen LogP contribution is 2.20. The number of aliphatic hydroxyl groups excluding tert-OH is 2. The molecule has 2 atom stereocenters. The van der Waals surface area contributed by atoms with Crippen molar-refractivity contribution >= 4 is 11.9 Å². The molecule has 0 aromatic heterocycles. The minimum Gasteiger partial charge on any atom is -0.466 e. The maximum absolute atomic E-state index is 12.5. The summed E-state index contributed by atoms with van der Waals surface area (Å²) < 4.78 is 5.52. The van der Waals surface area contributed by atoms with Crippen molar-refractivity contribution in [1.82, 2.24) is 5.32 Å². The van der Waals surface area contributed by atoms with Crippen molar-refractivity contribution in [2.45, 2.75) is 463 Å². The van der Waals surface area contributed by atoms with Crippen LogP contribution in [0.25, 0.3) is 0 Å². The fourth-order valence-electron chi connectivity index (χ4n) is 12.6. The lowest BCUT2D eigenvalue weighted by Gasteiger charge is -2.20. The molecule has 0 aliphatic rings. The van der Waals surface area contributed by atoms with E-state index in [1.54, 1.807) is 6.08 Å². The Bertz CT molecular complexity index is 1270. The number of hydrogen-bond donors (Lipinski definition) is 3. The zero-order valence-electron chi connectivity index (χ0n) is 57.4. The first-order valence-corrected chi connectivity index (χ1v) is 39.0. The lowest BCUT2D eigenvalue weighted by atomic mass is 10.0. The van der Waals surface area contributed by atoms with Gasteiger partial charge in [-0.25, -0.2) is 0 Å². The predicted octanol–water partition coefficient (Wildman–Crippen LogP) is 25.5. The second kappa shape index (κ2) is 74.1. The van der Waals surface area contributed by atoms with Gasteiger partial charge in [0.25, 0.3) is 0 Å². The highest BCUT2D eigenvalue weighted by molar-refractivity contribution is 5.76. The lowest BCUT2D eigenvalue weighted by Crippen LogP contribution is -2.45. The van der Waals surface area contributed by atoms with E-state index in [-0.39, 0.29) is 18.5 Å². The van der Waals surface area contributed by atoms with Crippen molar-refractivity contribution < 1.29 is 24.5 Å². The molecule has 6 nitrogen and oxygen atoms in total. The molecule has 0 spiro atoms. The van der Waals surface area contributed by atoms with Crippen molar-refractivity contribution in [3.8, 4) is 0 Å². The minimum atomic E-state index is -0.839. The number of esters is 1. The van der Waals surface area contributed by atoms with Gasteiger partial charge in [0.05, 0.1) is 25.4 Å². The van der Waals surface area contributed by atoms with Gasteiger partial charge in [-0.1, -0.05) is 418 Å². The third-order valence-corrected chi connectivity index (χ3v) is 18.6. The van der Waals surface area contributed by atoms with Crippen LogP contribution in [-0.2, 0) is 14.3 Å². The van der Waals surface area contributed by atoms with Gasteiger partial charge in [-0.15, -0.1) is 0 Å². The molecule has 6 heteroatoms.